The highest BCUT2D eigenvalue weighted by molar-refractivity contribution is 7.10. The van der Waals surface area contributed by atoms with Crippen LogP contribution in [0.3, 0.4) is 0 Å². The molecule has 0 bridgehead atoms. The van der Waals surface area contributed by atoms with Crippen LogP contribution in [-0.2, 0) is 4.74 Å². The molecule has 1 fully saturated rings. The van der Waals surface area contributed by atoms with E-state index in [4.69, 9.17) is 4.74 Å². The van der Waals surface area contributed by atoms with Crippen LogP contribution in [0, 0.1) is 17.3 Å². The van der Waals surface area contributed by atoms with Gasteiger partial charge in [0.05, 0.1) is 6.10 Å². The van der Waals surface area contributed by atoms with Crippen LogP contribution in [0.1, 0.15) is 58.9 Å². The first-order chi connectivity index (χ1) is 9.82. The molecule has 3 atom stereocenters. The van der Waals surface area contributed by atoms with E-state index in [-0.39, 0.29) is 5.41 Å². The molecule has 1 saturated carbocycles. The normalized spacial score (nSPS) is 26.1. The van der Waals surface area contributed by atoms with Crippen molar-refractivity contribution >= 4 is 11.3 Å². The molecule has 2 rings (SSSR count). The van der Waals surface area contributed by atoms with Gasteiger partial charge in [0.25, 0.3) is 0 Å². The summed E-state index contributed by atoms with van der Waals surface area (Å²) in [7, 11) is 0. The van der Waals surface area contributed by atoms with Gasteiger partial charge >= 0.3 is 0 Å². The van der Waals surface area contributed by atoms with Gasteiger partial charge in [-0.25, -0.2) is 0 Å². The fourth-order valence-corrected chi connectivity index (χ4v) is 4.01. The van der Waals surface area contributed by atoms with Gasteiger partial charge in [-0.15, -0.1) is 11.3 Å². The maximum absolute atomic E-state index is 6.08. The molecule has 1 aromatic heterocycles. The first-order valence-corrected chi connectivity index (χ1v) is 9.11. The maximum Gasteiger partial charge on any atom is 0.0656 e. The average Bonchev–Trinajstić information content (AvgIpc) is 2.89. The van der Waals surface area contributed by atoms with Gasteiger partial charge in [0.15, 0.2) is 0 Å². The molecule has 0 radical (unpaired) electrons. The Bertz CT molecular complexity index is 424. The van der Waals surface area contributed by atoms with E-state index in [1.807, 2.05) is 11.3 Å². The first-order valence-electron chi connectivity index (χ1n) is 8.23. The lowest BCUT2D eigenvalue weighted by molar-refractivity contribution is -0.126. The first kappa shape index (κ1) is 17.0. The summed E-state index contributed by atoms with van der Waals surface area (Å²) in [5.41, 5.74) is 0.222. The Hall–Kier alpha value is -0.380. The van der Waals surface area contributed by atoms with E-state index in [0.717, 1.165) is 13.0 Å². The van der Waals surface area contributed by atoms with Gasteiger partial charge in [-0.3, -0.25) is 0 Å². The molecule has 0 aliphatic heterocycles. The summed E-state index contributed by atoms with van der Waals surface area (Å²) in [6, 6.07) is 5.41. The summed E-state index contributed by atoms with van der Waals surface area (Å²) in [4.78, 5) is 1.45. The van der Waals surface area contributed by atoms with Crippen molar-refractivity contribution in [2.75, 3.05) is 6.61 Å². The third-order valence-electron chi connectivity index (χ3n) is 4.71. The molecule has 0 amide bonds. The van der Waals surface area contributed by atoms with Crippen molar-refractivity contribution in [3.8, 4) is 0 Å². The number of rotatable bonds is 7. The van der Waals surface area contributed by atoms with Gasteiger partial charge in [0.2, 0.25) is 0 Å². The topological polar surface area (TPSA) is 21.3 Å². The zero-order valence-electron chi connectivity index (χ0n) is 14.3. The summed E-state index contributed by atoms with van der Waals surface area (Å²) in [5.74, 6) is 1.22. The molecule has 1 aromatic rings. The Kier molecular flexibility index (Phi) is 5.50. The number of nitrogens with one attached hydrogen (secondary N) is 1. The van der Waals surface area contributed by atoms with Crippen molar-refractivity contribution in [2.45, 2.75) is 66.2 Å². The zero-order valence-corrected chi connectivity index (χ0v) is 15.2. The minimum Gasteiger partial charge on any atom is -0.377 e. The fraction of sp³-hybridized carbons (Fsp3) is 0.778. The minimum atomic E-state index is 0.222. The molecule has 120 valence electrons. The van der Waals surface area contributed by atoms with Gasteiger partial charge in [-0.2, -0.15) is 0 Å². The molecule has 1 aliphatic rings. The van der Waals surface area contributed by atoms with E-state index in [1.165, 1.54) is 4.88 Å². The third kappa shape index (κ3) is 3.88. The number of hydrogen-bond donors (Lipinski definition) is 1. The van der Waals surface area contributed by atoms with Crippen LogP contribution in [0.15, 0.2) is 17.5 Å². The van der Waals surface area contributed by atoms with Gasteiger partial charge in [0, 0.05) is 29.0 Å². The Morgan fingerprint density at radius 1 is 1.33 bits per heavy atom. The minimum absolute atomic E-state index is 0.222. The van der Waals surface area contributed by atoms with Crippen LogP contribution in [0.5, 0.6) is 0 Å². The number of hydrogen-bond acceptors (Lipinski definition) is 3. The van der Waals surface area contributed by atoms with Crippen molar-refractivity contribution in [3.05, 3.63) is 22.4 Å². The SMILES string of the molecule is CC(C)COC1CC(NC(c2cccs2)C(C)C)C1(C)C. The highest BCUT2D eigenvalue weighted by Gasteiger charge is 2.49. The third-order valence-corrected chi connectivity index (χ3v) is 5.66. The van der Waals surface area contributed by atoms with Crippen LogP contribution in [0.2, 0.25) is 0 Å². The Balaban J connectivity index is 1.94. The zero-order chi connectivity index (χ0) is 15.6. The molecule has 21 heavy (non-hydrogen) atoms. The molecular formula is C18H31NOS. The second-order valence-corrected chi connectivity index (χ2v) is 8.71. The van der Waals surface area contributed by atoms with E-state index in [0.29, 0.717) is 30.0 Å². The van der Waals surface area contributed by atoms with Gasteiger partial charge in [0.1, 0.15) is 0 Å². The number of thiophene rings is 1. The van der Waals surface area contributed by atoms with E-state index in [9.17, 15) is 0 Å². The molecule has 0 saturated heterocycles. The monoisotopic (exact) mass is 309 g/mol. The molecule has 0 spiro atoms. The lowest BCUT2D eigenvalue weighted by Gasteiger charge is -2.53. The molecule has 2 nitrogen and oxygen atoms in total. The van der Waals surface area contributed by atoms with Crippen LogP contribution < -0.4 is 5.32 Å². The molecule has 0 aromatic carbocycles. The van der Waals surface area contributed by atoms with E-state index in [2.05, 4.69) is 64.4 Å². The molecular weight excluding hydrogens is 278 g/mol. The molecule has 3 heteroatoms. The molecule has 1 aliphatic carbocycles. The van der Waals surface area contributed by atoms with Crippen molar-refractivity contribution in [2.24, 2.45) is 17.3 Å². The van der Waals surface area contributed by atoms with Crippen molar-refractivity contribution in [1.82, 2.24) is 5.32 Å². The van der Waals surface area contributed by atoms with Crippen LogP contribution >= 0.6 is 11.3 Å². The predicted octanol–water partition coefficient (Wildman–Crippen LogP) is 4.87. The highest BCUT2D eigenvalue weighted by Crippen LogP contribution is 2.44. The lowest BCUT2D eigenvalue weighted by Crippen LogP contribution is -2.61. The van der Waals surface area contributed by atoms with Gasteiger partial charge in [-0.05, 0) is 29.7 Å². The second kappa shape index (κ2) is 6.80. The van der Waals surface area contributed by atoms with Crippen LogP contribution in [-0.4, -0.2) is 18.8 Å². The summed E-state index contributed by atoms with van der Waals surface area (Å²) in [6.07, 6.45) is 1.53. The van der Waals surface area contributed by atoms with Crippen molar-refractivity contribution in [3.63, 3.8) is 0 Å². The van der Waals surface area contributed by atoms with Crippen LogP contribution in [0.25, 0.3) is 0 Å². The Labute approximate surface area is 134 Å². The lowest BCUT2D eigenvalue weighted by atomic mass is 9.64. The van der Waals surface area contributed by atoms with Gasteiger partial charge in [-0.1, -0.05) is 47.6 Å². The second-order valence-electron chi connectivity index (χ2n) is 7.73. The summed E-state index contributed by atoms with van der Waals surface area (Å²) < 4.78 is 6.08. The summed E-state index contributed by atoms with van der Waals surface area (Å²) in [5, 5.41) is 6.07. The standard InChI is InChI=1S/C18H31NOS/c1-12(2)11-20-16-10-15(18(16,5)6)19-17(13(3)4)14-8-7-9-21-14/h7-9,12-13,15-17,19H,10-11H2,1-6H3. The Morgan fingerprint density at radius 3 is 2.52 bits per heavy atom. The summed E-state index contributed by atoms with van der Waals surface area (Å²) >= 11 is 1.86. The average molecular weight is 310 g/mol. The molecule has 1 heterocycles. The van der Waals surface area contributed by atoms with E-state index in [1.54, 1.807) is 0 Å². The predicted molar refractivity (Wildman–Crippen MR) is 91.8 cm³/mol. The van der Waals surface area contributed by atoms with Crippen molar-refractivity contribution < 1.29 is 4.74 Å². The smallest absolute Gasteiger partial charge is 0.0656 e. The van der Waals surface area contributed by atoms with Crippen LogP contribution in [0.4, 0.5) is 0 Å². The largest absolute Gasteiger partial charge is 0.377 e. The summed E-state index contributed by atoms with van der Waals surface area (Å²) in [6.45, 7) is 14.6. The molecule has 3 unspecified atom stereocenters. The quantitative estimate of drug-likeness (QED) is 0.775. The van der Waals surface area contributed by atoms with Gasteiger partial charge < -0.3 is 10.1 Å². The van der Waals surface area contributed by atoms with Crippen molar-refractivity contribution in [1.29, 1.82) is 0 Å². The van der Waals surface area contributed by atoms with E-state index < -0.39 is 0 Å². The molecule has 1 N–H and O–H groups in total. The Morgan fingerprint density at radius 2 is 2.05 bits per heavy atom. The number of ether oxygens (including phenoxy) is 1. The fourth-order valence-electron chi connectivity index (χ4n) is 3.05. The maximum atomic E-state index is 6.08. The van der Waals surface area contributed by atoms with E-state index >= 15 is 0 Å². The highest BCUT2D eigenvalue weighted by atomic mass is 32.1.